The predicted molar refractivity (Wildman–Crippen MR) is 132 cm³/mol. The molecule has 1 aromatic heterocycles. The summed E-state index contributed by atoms with van der Waals surface area (Å²) in [5.41, 5.74) is 3.31. The van der Waals surface area contributed by atoms with Gasteiger partial charge in [0.1, 0.15) is 5.75 Å². The second kappa shape index (κ2) is 10.7. The molecule has 1 saturated heterocycles. The molecule has 1 aliphatic rings. The largest absolute Gasteiger partial charge is 0.415 e. The van der Waals surface area contributed by atoms with E-state index in [-0.39, 0.29) is 24.0 Å². The van der Waals surface area contributed by atoms with Crippen LogP contribution in [-0.4, -0.2) is 35.0 Å². The quantitative estimate of drug-likeness (QED) is 0.509. The van der Waals surface area contributed by atoms with E-state index >= 15 is 0 Å². The molecular weight excluding hydrogens is 450 g/mol. The number of aromatic nitrogens is 1. The number of hydrogen-bond acceptors (Lipinski definition) is 4. The van der Waals surface area contributed by atoms with Crippen molar-refractivity contribution in [2.24, 2.45) is 5.92 Å². The molecule has 1 unspecified atom stereocenters. The van der Waals surface area contributed by atoms with Crippen molar-refractivity contribution in [2.45, 2.75) is 32.7 Å². The van der Waals surface area contributed by atoms with Crippen molar-refractivity contribution in [1.29, 1.82) is 0 Å². The van der Waals surface area contributed by atoms with Crippen LogP contribution in [0.4, 0.5) is 4.79 Å². The molecule has 2 aromatic carbocycles. The Morgan fingerprint density at radius 1 is 1.03 bits per heavy atom. The molecule has 34 heavy (non-hydrogen) atoms. The van der Waals surface area contributed by atoms with Crippen LogP contribution in [0.25, 0.3) is 0 Å². The lowest BCUT2D eigenvalue weighted by Gasteiger charge is -2.36. The lowest BCUT2D eigenvalue weighted by atomic mass is 9.85. The van der Waals surface area contributed by atoms with Gasteiger partial charge in [-0.1, -0.05) is 41.9 Å². The Balaban J connectivity index is 1.43. The highest BCUT2D eigenvalue weighted by atomic mass is 35.5. The third-order valence-electron chi connectivity index (χ3n) is 6.42. The van der Waals surface area contributed by atoms with E-state index in [1.54, 1.807) is 41.4 Å². The average molecular weight is 478 g/mol. The monoisotopic (exact) mass is 477 g/mol. The summed E-state index contributed by atoms with van der Waals surface area (Å²) in [6.45, 7) is 4.91. The fourth-order valence-corrected chi connectivity index (χ4v) is 4.39. The Kier molecular flexibility index (Phi) is 7.48. The summed E-state index contributed by atoms with van der Waals surface area (Å²) in [5.74, 6) is 0.584. The van der Waals surface area contributed by atoms with Gasteiger partial charge in [0.15, 0.2) is 0 Å². The van der Waals surface area contributed by atoms with Crippen molar-refractivity contribution >= 4 is 23.6 Å². The Morgan fingerprint density at radius 2 is 1.71 bits per heavy atom. The molecule has 1 atom stereocenters. The SMILES string of the molecule is Cc1nccc(OC(=O)N2CCC(C(NC(=O)c3ccc(Cl)cc3)c3ccccc3)CC2)c1C. The lowest BCUT2D eigenvalue weighted by molar-refractivity contribution is 0.0885. The van der Waals surface area contributed by atoms with Crippen molar-refractivity contribution in [3.8, 4) is 5.75 Å². The molecule has 176 valence electrons. The van der Waals surface area contributed by atoms with Crippen molar-refractivity contribution in [3.63, 3.8) is 0 Å². The number of rotatable bonds is 5. The number of carbonyl (C=O) groups excluding carboxylic acids is 2. The molecule has 6 nitrogen and oxygen atoms in total. The number of nitrogens with zero attached hydrogens (tertiary/aromatic N) is 2. The Bertz CT molecular complexity index is 1140. The van der Waals surface area contributed by atoms with Crippen LogP contribution in [0.1, 0.15) is 46.1 Å². The second-order valence-electron chi connectivity index (χ2n) is 8.58. The molecule has 0 radical (unpaired) electrons. The zero-order valence-corrected chi connectivity index (χ0v) is 20.1. The van der Waals surface area contributed by atoms with E-state index in [0.29, 0.717) is 29.4 Å². The van der Waals surface area contributed by atoms with Crippen molar-refractivity contribution in [3.05, 3.63) is 94.3 Å². The van der Waals surface area contributed by atoms with Gasteiger partial charge in [0.25, 0.3) is 5.91 Å². The Hall–Kier alpha value is -3.38. The summed E-state index contributed by atoms with van der Waals surface area (Å²) in [5, 5.41) is 3.80. The van der Waals surface area contributed by atoms with Crippen LogP contribution >= 0.6 is 11.6 Å². The molecule has 4 rings (SSSR count). The molecular formula is C27H28ClN3O3. The van der Waals surface area contributed by atoms with Gasteiger partial charge in [-0.15, -0.1) is 0 Å². The Labute approximate surface area is 204 Å². The molecule has 0 aliphatic carbocycles. The molecule has 0 saturated carbocycles. The first-order valence-corrected chi connectivity index (χ1v) is 11.8. The molecule has 1 aliphatic heterocycles. The van der Waals surface area contributed by atoms with Gasteiger partial charge in [-0.2, -0.15) is 0 Å². The van der Waals surface area contributed by atoms with Crippen LogP contribution < -0.4 is 10.1 Å². The number of likely N-dealkylation sites (tertiary alicyclic amines) is 1. The maximum atomic E-state index is 13.0. The lowest BCUT2D eigenvalue weighted by Crippen LogP contribution is -2.44. The molecule has 0 spiro atoms. The van der Waals surface area contributed by atoms with Gasteiger partial charge < -0.3 is 15.0 Å². The van der Waals surface area contributed by atoms with Gasteiger partial charge in [0, 0.05) is 41.1 Å². The maximum Gasteiger partial charge on any atom is 0.415 e. The van der Waals surface area contributed by atoms with Gasteiger partial charge in [-0.25, -0.2) is 4.79 Å². The fraction of sp³-hybridized carbons (Fsp3) is 0.296. The molecule has 1 N–H and O–H groups in total. The summed E-state index contributed by atoms with van der Waals surface area (Å²) in [4.78, 5) is 31.7. The molecule has 0 bridgehead atoms. The number of amides is 2. The number of halogens is 1. The first-order chi connectivity index (χ1) is 16.4. The second-order valence-corrected chi connectivity index (χ2v) is 9.02. The molecule has 2 amide bonds. The highest BCUT2D eigenvalue weighted by molar-refractivity contribution is 6.30. The number of benzene rings is 2. The van der Waals surface area contributed by atoms with Gasteiger partial charge in [-0.3, -0.25) is 9.78 Å². The minimum absolute atomic E-state index is 0.143. The molecule has 1 fully saturated rings. The van der Waals surface area contributed by atoms with Crippen LogP contribution in [0.2, 0.25) is 5.02 Å². The summed E-state index contributed by atoms with van der Waals surface area (Å²) < 4.78 is 5.64. The number of piperidine rings is 1. The highest BCUT2D eigenvalue weighted by Gasteiger charge is 2.31. The van der Waals surface area contributed by atoms with E-state index in [2.05, 4.69) is 10.3 Å². The number of nitrogens with one attached hydrogen (secondary N) is 1. The van der Waals surface area contributed by atoms with Gasteiger partial charge >= 0.3 is 6.09 Å². The average Bonchev–Trinajstić information content (AvgIpc) is 2.86. The van der Waals surface area contributed by atoms with E-state index < -0.39 is 0 Å². The minimum atomic E-state index is -0.353. The predicted octanol–water partition coefficient (Wildman–Crippen LogP) is 5.73. The van der Waals surface area contributed by atoms with E-state index in [0.717, 1.165) is 29.7 Å². The van der Waals surface area contributed by atoms with E-state index in [1.165, 1.54) is 0 Å². The van der Waals surface area contributed by atoms with Gasteiger partial charge in [-0.05, 0) is 68.5 Å². The zero-order valence-electron chi connectivity index (χ0n) is 19.3. The van der Waals surface area contributed by atoms with Crippen LogP contribution in [0, 0.1) is 19.8 Å². The third-order valence-corrected chi connectivity index (χ3v) is 6.68. The standard InChI is InChI=1S/C27H28ClN3O3/c1-18-19(2)29-15-12-24(18)34-27(33)31-16-13-21(14-17-31)25(20-6-4-3-5-7-20)30-26(32)22-8-10-23(28)11-9-22/h3-12,15,21,25H,13-14,16-17H2,1-2H3,(H,30,32). The number of pyridine rings is 1. The van der Waals surface area contributed by atoms with Crippen molar-refractivity contribution < 1.29 is 14.3 Å². The van der Waals surface area contributed by atoms with E-state index in [9.17, 15) is 9.59 Å². The van der Waals surface area contributed by atoms with Crippen LogP contribution in [0.5, 0.6) is 5.75 Å². The first kappa shape index (κ1) is 23.8. The summed E-state index contributed by atoms with van der Waals surface area (Å²) in [6.07, 6.45) is 2.80. The highest BCUT2D eigenvalue weighted by Crippen LogP contribution is 2.32. The molecule has 7 heteroatoms. The molecule has 2 heterocycles. The third kappa shape index (κ3) is 5.57. The Morgan fingerprint density at radius 3 is 2.38 bits per heavy atom. The summed E-state index contributed by atoms with van der Waals surface area (Å²) in [6, 6.07) is 18.4. The summed E-state index contributed by atoms with van der Waals surface area (Å²) >= 11 is 5.97. The van der Waals surface area contributed by atoms with Gasteiger partial charge in [0.2, 0.25) is 0 Å². The van der Waals surface area contributed by atoms with E-state index in [1.807, 2.05) is 44.2 Å². The number of ether oxygens (including phenoxy) is 1. The number of carbonyl (C=O) groups is 2. The number of hydrogen-bond donors (Lipinski definition) is 1. The summed E-state index contributed by atoms with van der Waals surface area (Å²) in [7, 11) is 0. The number of aryl methyl sites for hydroxylation is 1. The van der Waals surface area contributed by atoms with Crippen molar-refractivity contribution in [1.82, 2.24) is 15.2 Å². The maximum absolute atomic E-state index is 13.0. The first-order valence-electron chi connectivity index (χ1n) is 11.4. The normalized spacial score (nSPS) is 15.0. The van der Waals surface area contributed by atoms with E-state index in [4.69, 9.17) is 16.3 Å². The fourth-order valence-electron chi connectivity index (χ4n) is 4.26. The van der Waals surface area contributed by atoms with Crippen LogP contribution in [-0.2, 0) is 0 Å². The van der Waals surface area contributed by atoms with Crippen LogP contribution in [0.15, 0.2) is 66.9 Å². The smallest absolute Gasteiger partial charge is 0.410 e. The van der Waals surface area contributed by atoms with Crippen LogP contribution in [0.3, 0.4) is 0 Å². The molecule has 3 aromatic rings. The van der Waals surface area contributed by atoms with Crippen molar-refractivity contribution in [2.75, 3.05) is 13.1 Å². The minimum Gasteiger partial charge on any atom is -0.410 e. The zero-order chi connectivity index (χ0) is 24.1. The van der Waals surface area contributed by atoms with Gasteiger partial charge in [0.05, 0.1) is 6.04 Å². The topological polar surface area (TPSA) is 71.5 Å².